The summed E-state index contributed by atoms with van der Waals surface area (Å²) in [4.78, 5) is 29.9. The molecule has 0 fully saturated rings. The van der Waals surface area contributed by atoms with Gasteiger partial charge in [0.05, 0.1) is 17.9 Å². The van der Waals surface area contributed by atoms with Crippen LogP contribution in [0.4, 0.5) is 5.69 Å². The molecular weight excluding hydrogens is 378 g/mol. The van der Waals surface area contributed by atoms with Crippen molar-refractivity contribution in [3.63, 3.8) is 0 Å². The Kier molecular flexibility index (Phi) is 7.54. The number of aryl methyl sites for hydroxylation is 2. The van der Waals surface area contributed by atoms with E-state index in [4.69, 9.17) is 16.3 Å². The van der Waals surface area contributed by atoms with Crippen LogP contribution in [-0.2, 0) is 11.3 Å². The molecule has 2 aromatic rings. The molecule has 2 rings (SSSR count). The van der Waals surface area contributed by atoms with Crippen LogP contribution in [-0.4, -0.2) is 29.9 Å². The number of nitrogens with one attached hydrogen (secondary N) is 2. The van der Waals surface area contributed by atoms with Crippen LogP contribution >= 0.6 is 11.6 Å². The Bertz CT molecular complexity index is 883. The summed E-state index contributed by atoms with van der Waals surface area (Å²) in [7, 11) is 1.56. The Hall–Kier alpha value is -2.44. The number of halogens is 1. The second-order valence-corrected chi connectivity index (χ2v) is 7.14. The van der Waals surface area contributed by atoms with Gasteiger partial charge in [-0.05, 0) is 51.0 Å². The topological polar surface area (TPSA) is 80.3 Å². The van der Waals surface area contributed by atoms with E-state index in [0.717, 1.165) is 12.0 Å². The lowest BCUT2D eigenvalue weighted by Crippen LogP contribution is -2.34. The third-order valence-corrected chi connectivity index (χ3v) is 4.83. The van der Waals surface area contributed by atoms with Crippen molar-refractivity contribution in [1.29, 1.82) is 0 Å². The maximum Gasteiger partial charge on any atom is 0.270 e. The lowest BCUT2D eigenvalue weighted by atomic mass is 10.1. The fourth-order valence-electron chi connectivity index (χ4n) is 2.69. The van der Waals surface area contributed by atoms with E-state index in [2.05, 4.69) is 15.6 Å². The molecule has 1 aromatic carbocycles. The van der Waals surface area contributed by atoms with E-state index in [0.29, 0.717) is 22.0 Å². The summed E-state index contributed by atoms with van der Waals surface area (Å²) in [6.07, 6.45) is 0.779. The number of benzene rings is 1. The van der Waals surface area contributed by atoms with Crippen molar-refractivity contribution in [2.24, 2.45) is 0 Å². The molecule has 2 amide bonds. The Labute approximate surface area is 170 Å². The molecule has 0 aliphatic heterocycles. The minimum Gasteiger partial charge on any atom is -0.380 e. The van der Waals surface area contributed by atoms with Crippen LogP contribution in [0.5, 0.6) is 0 Å². The third kappa shape index (κ3) is 5.09. The van der Waals surface area contributed by atoms with Crippen molar-refractivity contribution in [3.8, 4) is 0 Å². The normalized spacial score (nSPS) is 11.8. The molecule has 0 saturated carbocycles. The lowest BCUT2D eigenvalue weighted by molar-refractivity contribution is 0.0922. The monoisotopic (exact) mass is 403 g/mol. The van der Waals surface area contributed by atoms with Gasteiger partial charge in [0.1, 0.15) is 5.69 Å². The second-order valence-electron chi connectivity index (χ2n) is 6.74. The first-order chi connectivity index (χ1) is 13.3. The van der Waals surface area contributed by atoms with Gasteiger partial charge in [-0.1, -0.05) is 24.6 Å². The average molecular weight is 404 g/mol. The number of carbonyl (C=O) groups is 2. The zero-order valence-electron chi connectivity index (χ0n) is 16.9. The van der Waals surface area contributed by atoms with Crippen LogP contribution in [0.25, 0.3) is 0 Å². The highest BCUT2D eigenvalue weighted by atomic mass is 35.5. The van der Waals surface area contributed by atoms with Gasteiger partial charge in [0.2, 0.25) is 0 Å². The number of hydrogen-bond acceptors (Lipinski definition) is 4. The highest BCUT2D eigenvalue weighted by Crippen LogP contribution is 2.29. The fourth-order valence-corrected chi connectivity index (χ4v) is 2.90. The zero-order chi connectivity index (χ0) is 20.8. The van der Waals surface area contributed by atoms with Gasteiger partial charge in [0.25, 0.3) is 11.8 Å². The predicted octanol–water partition coefficient (Wildman–Crippen LogP) is 4.28. The van der Waals surface area contributed by atoms with E-state index in [1.807, 2.05) is 26.8 Å². The maximum atomic E-state index is 13.0. The van der Waals surface area contributed by atoms with Crippen LogP contribution in [0.1, 0.15) is 57.9 Å². The number of nitrogens with zero attached hydrogens (tertiary/aromatic N) is 1. The van der Waals surface area contributed by atoms with Gasteiger partial charge in [-0.2, -0.15) is 0 Å². The molecule has 0 aliphatic carbocycles. The molecule has 0 spiro atoms. The van der Waals surface area contributed by atoms with E-state index in [9.17, 15) is 9.59 Å². The number of hydrogen-bond donors (Lipinski definition) is 2. The molecular formula is C21H26ClN3O3. The molecule has 28 heavy (non-hydrogen) atoms. The van der Waals surface area contributed by atoms with E-state index < -0.39 is 5.91 Å². The summed E-state index contributed by atoms with van der Waals surface area (Å²) < 4.78 is 5.21. The first-order valence-electron chi connectivity index (χ1n) is 9.15. The SMILES string of the molecule is CCC(C)NC(=O)c1nc(C)ccc1C(=O)Nc1c(C)ccc(Cl)c1COC. The van der Waals surface area contributed by atoms with Gasteiger partial charge in [0, 0.05) is 29.4 Å². The minimum atomic E-state index is -0.426. The fraction of sp³-hybridized carbons (Fsp3) is 0.381. The van der Waals surface area contributed by atoms with E-state index in [-0.39, 0.29) is 29.8 Å². The van der Waals surface area contributed by atoms with Gasteiger partial charge >= 0.3 is 0 Å². The first-order valence-corrected chi connectivity index (χ1v) is 9.53. The molecule has 2 N–H and O–H groups in total. The minimum absolute atomic E-state index is 0.0193. The largest absolute Gasteiger partial charge is 0.380 e. The van der Waals surface area contributed by atoms with Crippen molar-refractivity contribution in [1.82, 2.24) is 10.3 Å². The van der Waals surface area contributed by atoms with Crippen molar-refractivity contribution < 1.29 is 14.3 Å². The summed E-state index contributed by atoms with van der Waals surface area (Å²) >= 11 is 6.28. The van der Waals surface area contributed by atoms with Gasteiger partial charge in [-0.3, -0.25) is 9.59 Å². The molecule has 1 aromatic heterocycles. The van der Waals surface area contributed by atoms with Crippen LogP contribution < -0.4 is 10.6 Å². The highest BCUT2D eigenvalue weighted by Gasteiger charge is 2.22. The summed E-state index contributed by atoms with van der Waals surface area (Å²) in [6.45, 7) is 7.78. The maximum absolute atomic E-state index is 13.0. The third-order valence-electron chi connectivity index (χ3n) is 4.48. The van der Waals surface area contributed by atoms with Crippen LogP contribution in [0.15, 0.2) is 24.3 Å². The van der Waals surface area contributed by atoms with Crippen LogP contribution in [0.2, 0.25) is 5.02 Å². The van der Waals surface area contributed by atoms with Crippen molar-refractivity contribution in [2.45, 2.75) is 46.8 Å². The molecule has 0 radical (unpaired) electrons. The smallest absolute Gasteiger partial charge is 0.270 e. The van der Waals surface area contributed by atoms with Gasteiger partial charge in [-0.25, -0.2) is 4.98 Å². The summed E-state index contributed by atoms with van der Waals surface area (Å²) in [5.41, 5.74) is 3.07. The standard InChI is InChI=1S/C21H26ClN3O3/c1-6-13(3)24-21(27)19-15(9-8-14(4)23-19)20(26)25-18-12(2)7-10-17(22)16(18)11-28-5/h7-10,13H,6,11H2,1-5H3,(H,24,27)(H,25,26). The second kappa shape index (κ2) is 9.66. The van der Waals surface area contributed by atoms with Crippen LogP contribution in [0.3, 0.4) is 0 Å². The average Bonchev–Trinajstić information content (AvgIpc) is 2.67. The Morgan fingerprint density at radius 3 is 2.54 bits per heavy atom. The van der Waals surface area contributed by atoms with Crippen molar-refractivity contribution >= 4 is 29.1 Å². The molecule has 150 valence electrons. The number of ether oxygens (including phenoxy) is 1. The quantitative estimate of drug-likeness (QED) is 0.723. The summed E-state index contributed by atoms with van der Waals surface area (Å²) in [6, 6.07) is 6.88. The number of amides is 2. The lowest BCUT2D eigenvalue weighted by Gasteiger charge is -2.17. The molecule has 0 saturated heterocycles. The molecule has 0 bridgehead atoms. The number of carbonyl (C=O) groups excluding carboxylic acids is 2. The van der Waals surface area contributed by atoms with E-state index in [1.165, 1.54) is 0 Å². The molecule has 1 unspecified atom stereocenters. The van der Waals surface area contributed by atoms with Crippen molar-refractivity contribution in [3.05, 3.63) is 57.4 Å². The van der Waals surface area contributed by atoms with E-state index >= 15 is 0 Å². The van der Waals surface area contributed by atoms with Gasteiger partial charge < -0.3 is 15.4 Å². The predicted molar refractivity (Wildman–Crippen MR) is 111 cm³/mol. The Morgan fingerprint density at radius 1 is 1.18 bits per heavy atom. The van der Waals surface area contributed by atoms with E-state index in [1.54, 1.807) is 32.2 Å². The summed E-state index contributed by atoms with van der Waals surface area (Å²) in [5.74, 6) is -0.798. The number of aromatic nitrogens is 1. The number of pyridine rings is 1. The Balaban J connectivity index is 2.41. The Morgan fingerprint density at radius 2 is 1.89 bits per heavy atom. The molecule has 0 aliphatic rings. The molecule has 6 nitrogen and oxygen atoms in total. The first kappa shape index (κ1) is 21.9. The zero-order valence-corrected chi connectivity index (χ0v) is 17.6. The van der Waals surface area contributed by atoms with Gasteiger partial charge in [0.15, 0.2) is 0 Å². The number of rotatable bonds is 7. The van der Waals surface area contributed by atoms with Gasteiger partial charge in [-0.15, -0.1) is 0 Å². The molecule has 1 heterocycles. The number of anilines is 1. The highest BCUT2D eigenvalue weighted by molar-refractivity contribution is 6.32. The summed E-state index contributed by atoms with van der Waals surface area (Å²) in [5, 5.41) is 6.24. The van der Waals surface area contributed by atoms with Crippen LogP contribution in [0, 0.1) is 13.8 Å². The van der Waals surface area contributed by atoms with Crippen molar-refractivity contribution in [2.75, 3.05) is 12.4 Å². The number of methoxy groups -OCH3 is 1. The molecule has 7 heteroatoms. The molecule has 1 atom stereocenters.